The van der Waals surface area contributed by atoms with Gasteiger partial charge in [-0.3, -0.25) is 0 Å². The predicted octanol–water partition coefficient (Wildman–Crippen LogP) is 8.16. The monoisotopic (exact) mass is 518 g/mol. The van der Waals surface area contributed by atoms with Gasteiger partial charge in [-0.15, -0.1) is 11.3 Å². The molecule has 0 spiro atoms. The Hall–Kier alpha value is -3.32. The van der Waals surface area contributed by atoms with Crippen molar-refractivity contribution >= 4 is 57.1 Å². The third-order valence-corrected chi connectivity index (χ3v) is 7.46. The Morgan fingerprint density at radius 1 is 0.886 bits per heavy atom. The fraction of sp³-hybridized carbons (Fsp3) is 0.0741. The lowest BCUT2D eigenvalue weighted by Gasteiger charge is -2.24. The summed E-state index contributed by atoms with van der Waals surface area (Å²) >= 11 is 14.2. The van der Waals surface area contributed by atoms with Crippen molar-refractivity contribution in [2.24, 2.45) is 5.10 Å². The molecule has 0 radical (unpaired) electrons. The highest BCUT2D eigenvalue weighted by Crippen LogP contribution is 2.41. The highest BCUT2D eigenvalue weighted by atomic mass is 35.5. The number of hydrazone groups is 1. The summed E-state index contributed by atoms with van der Waals surface area (Å²) in [6.45, 7) is 0. The van der Waals surface area contributed by atoms with Gasteiger partial charge in [0.05, 0.1) is 27.8 Å². The Morgan fingerprint density at radius 3 is 2.49 bits per heavy atom. The summed E-state index contributed by atoms with van der Waals surface area (Å²) in [4.78, 5) is 10.8. The number of halogens is 3. The number of hydrogen-bond donors (Lipinski definition) is 0. The zero-order chi connectivity index (χ0) is 23.9. The summed E-state index contributed by atoms with van der Waals surface area (Å²) in [5, 5.41) is 10.5. The molecule has 0 saturated heterocycles. The maximum Gasteiger partial charge on any atom is 0.247 e. The van der Waals surface area contributed by atoms with Crippen LogP contribution in [0.15, 0.2) is 89.3 Å². The van der Waals surface area contributed by atoms with E-state index in [1.54, 1.807) is 28.5 Å². The quantitative estimate of drug-likeness (QED) is 0.241. The van der Waals surface area contributed by atoms with E-state index in [-0.39, 0.29) is 5.82 Å². The highest BCUT2D eigenvalue weighted by molar-refractivity contribution is 7.12. The van der Waals surface area contributed by atoms with Crippen LogP contribution in [0, 0.1) is 5.82 Å². The molecule has 3 aromatic carbocycles. The number of hydrogen-bond acceptors (Lipinski definition) is 5. The molecule has 3 heterocycles. The van der Waals surface area contributed by atoms with Crippen LogP contribution in [0.3, 0.4) is 0 Å². The van der Waals surface area contributed by atoms with Crippen molar-refractivity contribution in [2.45, 2.75) is 12.5 Å². The molecular formula is C27H17Cl2FN4S. The smallest absolute Gasteiger partial charge is 0.223 e. The first-order valence-corrected chi connectivity index (χ1v) is 12.6. The van der Waals surface area contributed by atoms with Crippen LogP contribution >= 0.6 is 34.5 Å². The fourth-order valence-corrected chi connectivity index (χ4v) is 5.47. The second kappa shape index (κ2) is 9.04. The molecule has 1 aliphatic rings. The van der Waals surface area contributed by atoms with E-state index in [0.29, 0.717) is 28.0 Å². The van der Waals surface area contributed by atoms with Crippen LogP contribution in [-0.2, 0) is 0 Å². The number of nitrogens with zero attached hydrogens (tertiary/aromatic N) is 4. The molecule has 6 rings (SSSR count). The molecule has 35 heavy (non-hydrogen) atoms. The average molecular weight is 519 g/mol. The van der Waals surface area contributed by atoms with Crippen LogP contribution in [0.25, 0.3) is 22.2 Å². The van der Waals surface area contributed by atoms with Crippen molar-refractivity contribution in [3.05, 3.63) is 111 Å². The summed E-state index contributed by atoms with van der Waals surface area (Å²) in [5.41, 5.74) is 3.64. The minimum Gasteiger partial charge on any atom is -0.223 e. The molecule has 1 unspecified atom stereocenters. The molecule has 8 heteroatoms. The van der Waals surface area contributed by atoms with Gasteiger partial charge < -0.3 is 0 Å². The molecule has 0 N–H and O–H groups in total. The second-order valence-corrected chi connectivity index (χ2v) is 9.91. The lowest BCUT2D eigenvalue weighted by molar-refractivity contribution is 0.576. The number of para-hydroxylation sites is 1. The molecule has 4 nitrogen and oxygen atoms in total. The van der Waals surface area contributed by atoms with Gasteiger partial charge in [-0.25, -0.2) is 19.4 Å². The topological polar surface area (TPSA) is 41.4 Å². The van der Waals surface area contributed by atoms with Crippen molar-refractivity contribution in [3.8, 4) is 11.3 Å². The van der Waals surface area contributed by atoms with Crippen LogP contribution in [0.5, 0.6) is 0 Å². The first-order chi connectivity index (χ1) is 17.1. The van der Waals surface area contributed by atoms with Gasteiger partial charge in [-0.1, -0.05) is 65.7 Å². The molecule has 2 aromatic heterocycles. The van der Waals surface area contributed by atoms with Crippen LogP contribution in [-0.4, -0.2) is 15.7 Å². The molecule has 0 bridgehead atoms. The minimum atomic E-state index is -0.486. The number of fused-ring (bicyclic) bond motifs is 1. The molecule has 0 saturated carbocycles. The number of rotatable bonds is 4. The van der Waals surface area contributed by atoms with Crippen molar-refractivity contribution < 1.29 is 4.39 Å². The van der Waals surface area contributed by atoms with E-state index in [1.807, 2.05) is 66.0 Å². The molecule has 172 valence electrons. The maximum atomic E-state index is 15.1. The largest absolute Gasteiger partial charge is 0.247 e. The SMILES string of the molecule is Fc1cccc(Cl)c1C1CC(c2cccs2)=NN1c1nc(-c2ccc(Cl)cc2)c2ccccc2n1. The minimum absolute atomic E-state index is 0.348. The highest BCUT2D eigenvalue weighted by Gasteiger charge is 2.35. The zero-order valence-electron chi connectivity index (χ0n) is 18.2. The average Bonchev–Trinajstić information content (AvgIpc) is 3.55. The standard InChI is InChI=1S/C27H17Cl2FN4S/c28-17-12-10-16(11-13-17)26-18-5-1-2-8-21(18)31-27(32-26)34-23(25-19(29)6-3-7-20(25)30)15-22(33-34)24-9-4-14-35-24/h1-14,23H,15H2. The van der Waals surface area contributed by atoms with Gasteiger partial charge in [0.25, 0.3) is 0 Å². The molecule has 5 aromatic rings. The second-order valence-electron chi connectivity index (χ2n) is 8.12. The van der Waals surface area contributed by atoms with Crippen molar-refractivity contribution in [1.82, 2.24) is 9.97 Å². The zero-order valence-corrected chi connectivity index (χ0v) is 20.5. The van der Waals surface area contributed by atoms with Gasteiger partial charge in [-0.2, -0.15) is 5.10 Å². The van der Waals surface area contributed by atoms with Gasteiger partial charge in [0.1, 0.15) is 5.82 Å². The van der Waals surface area contributed by atoms with Gasteiger partial charge in [-0.05, 0) is 41.8 Å². The lowest BCUT2D eigenvalue weighted by Crippen LogP contribution is -2.22. The molecule has 0 amide bonds. The van der Waals surface area contributed by atoms with E-state index >= 15 is 4.39 Å². The first-order valence-electron chi connectivity index (χ1n) is 11.0. The van der Waals surface area contributed by atoms with Crippen LogP contribution in [0.2, 0.25) is 10.0 Å². The van der Waals surface area contributed by atoms with Gasteiger partial charge >= 0.3 is 0 Å². The summed E-state index contributed by atoms with van der Waals surface area (Å²) in [6.07, 6.45) is 0.480. The lowest BCUT2D eigenvalue weighted by atomic mass is 10.0. The summed E-state index contributed by atoms with van der Waals surface area (Å²) < 4.78 is 15.1. The van der Waals surface area contributed by atoms with Gasteiger partial charge in [0.2, 0.25) is 5.95 Å². The Kier molecular flexibility index (Phi) is 5.72. The molecule has 0 aliphatic carbocycles. The van der Waals surface area contributed by atoms with E-state index in [4.69, 9.17) is 38.3 Å². The number of benzene rings is 3. The summed E-state index contributed by atoms with van der Waals surface area (Å²) in [7, 11) is 0. The van der Waals surface area contributed by atoms with Crippen LogP contribution in [0.4, 0.5) is 10.3 Å². The van der Waals surface area contributed by atoms with Gasteiger partial charge in [0, 0.05) is 33.0 Å². The Bertz CT molecular complexity index is 1550. The Morgan fingerprint density at radius 2 is 1.71 bits per heavy atom. The maximum absolute atomic E-state index is 15.1. The van der Waals surface area contributed by atoms with Crippen molar-refractivity contribution in [3.63, 3.8) is 0 Å². The van der Waals surface area contributed by atoms with E-state index in [1.165, 1.54) is 6.07 Å². The summed E-state index contributed by atoms with van der Waals surface area (Å²) in [5.74, 6) is -0.00151. The number of anilines is 1. The van der Waals surface area contributed by atoms with Crippen molar-refractivity contribution in [2.75, 3.05) is 5.01 Å². The van der Waals surface area contributed by atoms with Crippen LogP contribution in [0.1, 0.15) is 22.9 Å². The Balaban J connectivity index is 1.56. The fourth-order valence-electron chi connectivity index (χ4n) is 4.33. The predicted molar refractivity (Wildman–Crippen MR) is 142 cm³/mol. The Labute approximate surface area is 215 Å². The number of thiophene rings is 1. The van der Waals surface area contributed by atoms with E-state index in [0.717, 1.165) is 32.7 Å². The number of aromatic nitrogens is 2. The molecular weight excluding hydrogens is 502 g/mol. The van der Waals surface area contributed by atoms with E-state index in [2.05, 4.69) is 0 Å². The normalized spacial score (nSPS) is 15.6. The summed E-state index contributed by atoms with van der Waals surface area (Å²) in [6, 6.07) is 23.5. The molecule has 1 atom stereocenters. The van der Waals surface area contributed by atoms with E-state index in [9.17, 15) is 0 Å². The third-order valence-electron chi connectivity index (χ3n) is 5.96. The van der Waals surface area contributed by atoms with Crippen molar-refractivity contribution in [1.29, 1.82) is 0 Å². The molecule has 0 fully saturated rings. The van der Waals surface area contributed by atoms with Crippen LogP contribution < -0.4 is 5.01 Å². The molecule has 1 aliphatic heterocycles. The third kappa shape index (κ3) is 4.08. The van der Waals surface area contributed by atoms with E-state index < -0.39 is 6.04 Å². The van der Waals surface area contributed by atoms with Gasteiger partial charge in [0.15, 0.2) is 0 Å². The first kappa shape index (κ1) is 22.2.